The molecule has 0 saturated heterocycles. The molecule has 1 amide bonds. The summed E-state index contributed by atoms with van der Waals surface area (Å²) >= 11 is 0. The molecule has 1 aromatic heterocycles. The monoisotopic (exact) mass is 359 g/mol. The van der Waals surface area contributed by atoms with Gasteiger partial charge in [-0.05, 0) is 35.4 Å². The second kappa shape index (κ2) is 7.33. The van der Waals surface area contributed by atoms with Crippen molar-refractivity contribution in [1.29, 1.82) is 0 Å². The number of furan rings is 1. The van der Waals surface area contributed by atoms with E-state index in [9.17, 15) is 9.59 Å². The minimum Gasteiger partial charge on any atom is -0.467 e. The maximum absolute atomic E-state index is 13.0. The number of para-hydroxylation sites is 1. The lowest BCUT2D eigenvalue weighted by molar-refractivity contribution is -0.105. The molecule has 5 heteroatoms. The van der Waals surface area contributed by atoms with Gasteiger partial charge in [-0.3, -0.25) is 9.69 Å². The number of aldehydes is 1. The molecule has 4 rings (SSSR count). The number of carbonyl (C=O) groups is 2. The first-order valence-electron chi connectivity index (χ1n) is 8.57. The van der Waals surface area contributed by atoms with E-state index in [0.717, 1.165) is 17.4 Å². The van der Waals surface area contributed by atoms with Crippen molar-refractivity contribution in [3.05, 3.63) is 95.5 Å². The summed E-state index contributed by atoms with van der Waals surface area (Å²) < 4.78 is 11.1. The molecule has 1 atom stereocenters. The number of rotatable bonds is 4. The largest absolute Gasteiger partial charge is 0.467 e. The molecule has 0 unspecified atom stereocenters. The fourth-order valence-electron chi connectivity index (χ4n) is 3.21. The van der Waals surface area contributed by atoms with Crippen molar-refractivity contribution in [2.24, 2.45) is 0 Å². The van der Waals surface area contributed by atoms with E-state index in [-0.39, 0.29) is 6.61 Å². The van der Waals surface area contributed by atoms with E-state index < -0.39 is 12.1 Å². The quantitative estimate of drug-likeness (QED) is 0.630. The number of amides is 1. The van der Waals surface area contributed by atoms with Crippen molar-refractivity contribution < 1.29 is 18.7 Å². The van der Waals surface area contributed by atoms with Crippen LogP contribution in [0, 0.1) is 0 Å². The number of carbonyl (C=O) groups excluding carboxylic acids is 2. The second-order valence-electron chi connectivity index (χ2n) is 6.15. The average molecular weight is 359 g/mol. The van der Waals surface area contributed by atoms with Gasteiger partial charge < -0.3 is 9.15 Å². The Bertz CT molecular complexity index is 977. The van der Waals surface area contributed by atoms with E-state index >= 15 is 0 Å². The summed E-state index contributed by atoms with van der Waals surface area (Å²) in [6, 6.07) is 19.6. The normalized spacial score (nSPS) is 15.6. The van der Waals surface area contributed by atoms with Crippen LogP contribution in [0.2, 0.25) is 0 Å². The van der Waals surface area contributed by atoms with Crippen LogP contribution < -0.4 is 4.90 Å². The summed E-state index contributed by atoms with van der Waals surface area (Å²) in [5.41, 5.74) is 2.76. The van der Waals surface area contributed by atoms with Crippen LogP contribution in [-0.2, 0) is 16.1 Å². The van der Waals surface area contributed by atoms with Crippen LogP contribution in [0.5, 0.6) is 0 Å². The summed E-state index contributed by atoms with van der Waals surface area (Å²) in [4.78, 5) is 26.2. The fraction of sp³-hybridized carbons (Fsp3) is 0.0909. The molecular formula is C22H17NO4. The molecular weight excluding hydrogens is 342 g/mol. The third kappa shape index (κ3) is 3.27. The number of benzene rings is 2. The Balaban J connectivity index is 1.71. The van der Waals surface area contributed by atoms with Gasteiger partial charge in [-0.15, -0.1) is 0 Å². The fourth-order valence-corrected chi connectivity index (χ4v) is 3.21. The highest BCUT2D eigenvalue weighted by molar-refractivity contribution is 5.99. The van der Waals surface area contributed by atoms with E-state index in [0.29, 0.717) is 17.0 Å². The number of ether oxygens (including phenoxy) is 1. The molecule has 3 aromatic rings. The van der Waals surface area contributed by atoms with E-state index in [1.165, 1.54) is 11.2 Å². The van der Waals surface area contributed by atoms with Gasteiger partial charge in [0.05, 0.1) is 12.0 Å². The lowest BCUT2D eigenvalue weighted by Crippen LogP contribution is -2.38. The van der Waals surface area contributed by atoms with Gasteiger partial charge in [-0.2, -0.15) is 0 Å². The molecule has 0 N–H and O–H groups in total. The SMILES string of the molecule is O=CC1=Cc2ccccc2N(C(=O)OCc2ccccc2)[C@@H]1c1ccco1. The first kappa shape index (κ1) is 16.8. The molecule has 27 heavy (non-hydrogen) atoms. The average Bonchev–Trinajstić information content (AvgIpc) is 3.25. The molecule has 0 radical (unpaired) electrons. The van der Waals surface area contributed by atoms with Crippen molar-refractivity contribution in [3.63, 3.8) is 0 Å². The Morgan fingerprint density at radius 2 is 1.81 bits per heavy atom. The van der Waals surface area contributed by atoms with Crippen LogP contribution in [0.4, 0.5) is 10.5 Å². The predicted molar refractivity (Wildman–Crippen MR) is 101 cm³/mol. The van der Waals surface area contributed by atoms with Crippen LogP contribution in [0.25, 0.3) is 6.08 Å². The van der Waals surface area contributed by atoms with Crippen molar-refractivity contribution >= 4 is 24.1 Å². The summed E-state index contributed by atoms with van der Waals surface area (Å²) in [6.07, 6.45) is 3.50. The van der Waals surface area contributed by atoms with Gasteiger partial charge in [0.25, 0.3) is 0 Å². The highest BCUT2D eigenvalue weighted by Crippen LogP contribution is 2.40. The lowest BCUT2D eigenvalue weighted by atomic mass is 9.95. The van der Waals surface area contributed by atoms with Crippen molar-refractivity contribution in [2.45, 2.75) is 12.6 Å². The molecule has 2 heterocycles. The van der Waals surface area contributed by atoms with Gasteiger partial charge in [-0.1, -0.05) is 48.5 Å². The molecule has 0 bridgehead atoms. The van der Waals surface area contributed by atoms with Crippen molar-refractivity contribution in [2.75, 3.05) is 4.90 Å². The number of anilines is 1. The van der Waals surface area contributed by atoms with E-state index in [4.69, 9.17) is 9.15 Å². The van der Waals surface area contributed by atoms with Gasteiger partial charge in [0, 0.05) is 5.57 Å². The highest BCUT2D eigenvalue weighted by atomic mass is 16.6. The Labute approximate surface area is 156 Å². The van der Waals surface area contributed by atoms with E-state index in [1.807, 2.05) is 54.6 Å². The Hall–Kier alpha value is -3.60. The first-order valence-corrected chi connectivity index (χ1v) is 8.57. The second-order valence-corrected chi connectivity index (χ2v) is 6.15. The minimum atomic E-state index is -0.671. The van der Waals surface area contributed by atoms with Crippen LogP contribution in [0.3, 0.4) is 0 Å². The number of fused-ring (bicyclic) bond motifs is 1. The third-order valence-corrected chi connectivity index (χ3v) is 4.44. The summed E-state index contributed by atoms with van der Waals surface area (Å²) in [5, 5.41) is 0. The van der Waals surface area contributed by atoms with Crippen LogP contribution in [-0.4, -0.2) is 12.4 Å². The van der Waals surface area contributed by atoms with Gasteiger partial charge in [0.1, 0.15) is 24.7 Å². The zero-order valence-corrected chi connectivity index (χ0v) is 14.4. The molecule has 0 fully saturated rings. The standard InChI is InChI=1S/C22H17NO4/c24-14-18-13-17-9-4-5-10-19(17)23(21(18)20-11-6-12-26-20)22(25)27-15-16-7-2-1-3-8-16/h1-14,21H,15H2/t21-/m0/s1. The minimum absolute atomic E-state index is 0.142. The number of hydrogen-bond donors (Lipinski definition) is 0. The molecule has 134 valence electrons. The highest BCUT2D eigenvalue weighted by Gasteiger charge is 2.36. The molecule has 2 aromatic carbocycles. The molecule has 1 aliphatic heterocycles. The molecule has 0 aliphatic carbocycles. The van der Waals surface area contributed by atoms with Crippen LogP contribution in [0.15, 0.2) is 83.0 Å². The third-order valence-electron chi connectivity index (χ3n) is 4.44. The maximum Gasteiger partial charge on any atom is 0.415 e. The van der Waals surface area contributed by atoms with Gasteiger partial charge >= 0.3 is 6.09 Å². The smallest absolute Gasteiger partial charge is 0.415 e. The van der Waals surface area contributed by atoms with Gasteiger partial charge in [-0.25, -0.2) is 4.79 Å². The Morgan fingerprint density at radius 1 is 1.04 bits per heavy atom. The Morgan fingerprint density at radius 3 is 2.56 bits per heavy atom. The number of nitrogens with zero attached hydrogens (tertiary/aromatic N) is 1. The topological polar surface area (TPSA) is 59.8 Å². The maximum atomic E-state index is 13.0. The zero-order valence-electron chi connectivity index (χ0n) is 14.4. The number of hydrogen-bond acceptors (Lipinski definition) is 4. The Kier molecular flexibility index (Phi) is 4.58. The summed E-state index contributed by atoms with van der Waals surface area (Å²) in [7, 11) is 0. The summed E-state index contributed by atoms with van der Waals surface area (Å²) in [6.45, 7) is 0.142. The van der Waals surface area contributed by atoms with E-state index in [2.05, 4.69) is 0 Å². The first-order chi connectivity index (χ1) is 13.3. The predicted octanol–water partition coefficient (Wildman–Crippen LogP) is 4.76. The van der Waals surface area contributed by atoms with Crippen molar-refractivity contribution in [3.8, 4) is 0 Å². The van der Waals surface area contributed by atoms with Gasteiger partial charge in [0.2, 0.25) is 0 Å². The molecule has 5 nitrogen and oxygen atoms in total. The van der Waals surface area contributed by atoms with E-state index in [1.54, 1.807) is 18.2 Å². The zero-order chi connectivity index (χ0) is 18.6. The molecule has 0 saturated carbocycles. The van der Waals surface area contributed by atoms with Crippen molar-refractivity contribution in [1.82, 2.24) is 0 Å². The van der Waals surface area contributed by atoms with Gasteiger partial charge in [0.15, 0.2) is 0 Å². The van der Waals surface area contributed by atoms with Crippen LogP contribution in [0.1, 0.15) is 22.9 Å². The summed E-state index contributed by atoms with van der Waals surface area (Å²) in [5.74, 6) is 0.500. The molecule has 0 spiro atoms. The van der Waals surface area contributed by atoms with Crippen LogP contribution >= 0.6 is 0 Å². The molecule has 1 aliphatic rings. The lowest BCUT2D eigenvalue weighted by Gasteiger charge is -2.34.